The summed E-state index contributed by atoms with van der Waals surface area (Å²) in [6.07, 6.45) is -0.220. The van der Waals surface area contributed by atoms with E-state index in [-0.39, 0.29) is 0 Å². The van der Waals surface area contributed by atoms with Gasteiger partial charge in [-0.15, -0.1) is 0 Å². The van der Waals surface area contributed by atoms with Gasteiger partial charge in [-0.1, -0.05) is 0 Å². The Balaban J connectivity index is 2.65. The fraction of sp³-hybridized carbons (Fsp3) is 0.714. The number of rotatable bonds is 1. The molecule has 0 saturated heterocycles. The van der Waals surface area contributed by atoms with Crippen molar-refractivity contribution >= 4 is 11.7 Å². The van der Waals surface area contributed by atoms with Gasteiger partial charge < -0.3 is 9.84 Å². The maximum atomic E-state index is 10.9. The highest BCUT2D eigenvalue weighted by Gasteiger charge is 2.32. The Bertz CT molecular complexity index is 200. The molecule has 1 heterocycles. The lowest BCUT2D eigenvalue weighted by Gasteiger charge is -2.08. The van der Waals surface area contributed by atoms with E-state index in [1.54, 1.807) is 6.92 Å². The van der Waals surface area contributed by atoms with Gasteiger partial charge in [0.2, 0.25) is 0 Å². The second-order valence-electron chi connectivity index (χ2n) is 2.60. The fourth-order valence-electron chi connectivity index (χ4n) is 1.12. The molecule has 62 valence electrons. The van der Waals surface area contributed by atoms with Crippen LogP contribution >= 0.6 is 0 Å². The first-order valence-corrected chi connectivity index (χ1v) is 3.44. The van der Waals surface area contributed by atoms with Crippen LogP contribution in [0.4, 0.5) is 0 Å². The van der Waals surface area contributed by atoms with Crippen molar-refractivity contribution in [2.75, 3.05) is 7.11 Å². The van der Waals surface area contributed by atoms with Crippen LogP contribution in [-0.4, -0.2) is 36.0 Å². The van der Waals surface area contributed by atoms with E-state index in [0.717, 1.165) is 5.71 Å². The van der Waals surface area contributed by atoms with Crippen LogP contribution < -0.4 is 0 Å². The van der Waals surface area contributed by atoms with Crippen molar-refractivity contribution in [2.45, 2.75) is 25.5 Å². The first-order valence-electron chi connectivity index (χ1n) is 3.44. The highest BCUT2D eigenvalue weighted by molar-refractivity contribution is 5.90. The van der Waals surface area contributed by atoms with Gasteiger partial charge in [0.15, 0.2) is 6.04 Å². The summed E-state index contributed by atoms with van der Waals surface area (Å²) >= 11 is 0. The molecular formula is C7H11NO3. The molecule has 0 aromatic rings. The zero-order valence-corrected chi connectivity index (χ0v) is 6.57. The standard InChI is InChI=1S/C7H11NO3/c1-4-3-5(9)6(8-4)7(10)11-2/h5-6,9H,3H2,1-2H3/t5-,6?/m1/s1. The number of carbonyl (C=O) groups is 1. The van der Waals surface area contributed by atoms with E-state index in [0.29, 0.717) is 6.42 Å². The van der Waals surface area contributed by atoms with Crippen LogP contribution in [-0.2, 0) is 9.53 Å². The third-order valence-electron chi connectivity index (χ3n) is 1.67. The molecule has 0 saturated carbocycles. The average Bonchev–Trinajstić information content (AvgIpc) is 2.28. The van der Waals surface area contributed by atoms with Crippen LogP contribution in [0.1, 0.15) is 13.3 Å². The number of hydrogen-bond acceptors (Lipinski definition) is 4. The number of aliphatic hydroxyl groups is 1. The molecule has 0 aromatic carbocycles. The van der Waals surface area contributed by atoms with E-state index in [4.69, 9.17) is 0 Å². The molecule has 4 nitrogen and oxygen atoms in total. The minimum atomic E-state index is -0.694. The monoisotopic (exact) mass is 157 g/mol. The second-order valence-corrected chi connectivity index (χ2v) is 2.60. The van der Waals surface area contributed by atoms with Crippen LogP contribution in [0.5, 0.6) is 0 Å². The maximum absolute atomic E-state index is 10.9. The zero-order valence-electron chi connectivity index (χ0n) is 6.57. The molecule has 1 aliphatic rings. The number of ether oxygens (including phenoxy) is 1. The summed E-state index contributed by atoms with van der Waals surface area (Å²) in [6, 6.07) is -0.694. The number of aliphatic hydroxyl groups excluding tert-OH is 1. The number of esters is 1. The van der Waals surface area contributed by atoms with E-state index in [2.05, 4.69) is 9.73 Å². The van der Waals surface area contributed by atoms with Gasteiger partial charge in [0.25, 0.3) is 0 Å². The molecule has 2 atom stereocenters. The first-order chi connectivity index (χ1) is 5.15. The van der Waals surface area contributed by atoms with Gasteiger partial charge in [-0.25, -0.2) is 4.79 Å². The van der Waals surface area contributed by atoms with Gasteiger partial charge in [-0.2, -0.15) is 0 Å². The lowest BCUT2D eigenvalue weighted by atomic mass is 10.1. The molecule has 0 amide bonds. The summed E-state index contributed by atoms with van der Waals surface area (Å²) in [5.74, 6) is -0.464. The summed E-state index contributed by atoms with van der Waals surface area (Å²) < 4.78 is 4.45. The van der Waals surface area contributed by atoms with Crippen molar-refractivity contribution in [2.24, 2.45) is 4.99 Å². The molecule has 4 heteroatoms. The molecule has 0 fully saturated rings. The van der Waals surface area contributed by atoms with Gasteiger partial charge in [0, 0.05) is 12.1 Å². The fourth-order valence-corrected chi connectivity index (χ4v) is 1.12. The number of carbonyl (C=O) groups excluding carboxylic acids is 1. The molecule has 0 radical (unpaired) electrons. The summed E-state index contributed by atoms with van der Waals surface area (Å²) in [4.78, 5) is 14.8. The van der Waals surface area contributed by atoms with E-state index in [1.807, 2.05) is 0 Å². The van der Waals surface area contributed by atoms with Gasteiger partial charge in [-0.3, -0.25) is 4.99 Å². The Morgan fingerprint density at radius 1 is 1.82 bits per heavy atom. The lowest BCUT2D eigenvalue weighted by molar-refractivity contribution is -0.144. The summed E-state index contributed by atoms with van der Waals surface area (Å²) in [5, 5.41) is 9.25. The quantitative estimate of drug-likeness (QED) is 0.534. The average molecular weight is 157 g/mol. The first kappa shape index (κ1) is 8.20. The van der Waals surface area contributed by atoms with Crippen LogP contribution in [0, 0.1) is 0 Å². The normalized spacial score (nSPS) is 29.9. The molecule has 11 heavy (non-hydrogen) atoms. The van der Waals surface area contributed by atoms with E-state index in [9.17, 15) is 9.90 Å². The minimum absolute atomic E-state index is 0.464. The van der Waals surface area contributed by atoms with Crippen LogP contribution in [0.15, 0.2) is 4.99 Å². The third kappa shape index (κ3) is 1.57. The van der Waals surface area contributed by atoms with Gasteiger partial charge in [-0.05, 0) is 6.92 Å². The third-order valence-corrected chi connectivity index (χ3v) is 1.67. The van der Waals surface area contributed by atoms with Gasteiger partial charge >= 0.3 is 5.97 Å². The Morgan fingerprint density at radius 3 is 2.82 bits per heavy atom. The van der Waals surface area contributed by atoms with Gasteiger partial charge in [0.1, 0.15) is 0 Å². The highest BCUT2D eigenvalue weighted by Crippen LogP contribution is 2.14. The Morgan fingerprint density at radius 2 is 2.45 bits per heavy atom. The van der Waals surface area contributed by atoms with Crippen LogP contribution in [0.3, 0.4) is 0 Å². The molecule has 0 aliphatic carbocycles. The van der Waals surface area contributed by atoms with Crippen molar-refractivity contribution in [3.05, 3.63) is 0 Å². The van der Waals surface area contributed by atoms with Crippen molar-refractivity contribution in [1.82, 2.24) is 0 Å². The van der Waals surface area contributed by atoms with Gasteiger partial charge in [0.05, 0.1) is 13.2 Å². The van der Waals surface area contributed by atoms with E-state index < -0.39 is 18.1 Å². The van der Waals surface area contributed by atoms with Crippen LogP contribution in [0.25, 0.3) is 0 Å². The number of nitrogens with zero attached hydrogens (tertiary/aromatic N) is 1. The topological polar surface area (TPSA) is 58.9 Å². The Labute approximate surface area is 64.9 Å². The molecule has 1 unspecified atom stereocenters. The molecule has 1 rings (SSSR count). The molecule has 1 aliphatic heterocycles. The Hall–Kier alpha value is -0.900. The largest absolute Gasteiger partial charge is 0.467 e. The number of aliphatic imine (C=N–C) groups is 1. The zero-order chi connectivity index (χ0) is 8.43. The smallest absolute Gasteiger partial charge is 0.333 e. The molecule has 1 N–H and O–H groups in total. The SMILES string of the molecule is COC(=O)C1N=C(C)C[C@H]1O. The number of hydrogen-bond donors (Lipinski definition) is 1. The second kappa shape index (κ2) is 3.00. The number of methoxy groups -OCH3 is 1. The van der Waals surface area contributed by atoms with Crippen molar-refractivity contribution in [3.8, 4) is 0 Å². The summed E-state index contributed by atoms with van der Waals surface area (Å²) in [5.41, 5.74) is 0.799. The molecule has 0 spiro atoms. The summed E-state index contributed by atoms with van der Waals surface area (Å²) in [6.45, 7) is 1.78. The lowest BCUT2D eigenvalue weighted by Crippen LogP contribution is -2.29. The van der Waals surface area contributed by atoms with Crippen molar-refractivity contribution in [1.29, 1.82) is 0 Å². The maximum Gasteiger partial charge on any atom is 0.333 e. The minimum Gasteiger partial charge on any atom is -0.467 e. The van der Waals surface area contributed by atoms with Crippen molar-refractivity contribution in [3.63, 3.8) is 0 Å². The van der Waals surface area contributed by atoms with Crippen molar-refractivity contribution < 1.29 is 14.6 Å². The molecule has 0 bridgehead atoms. The van der Waals surface area contributed by atoms with E-state index in [1.165, 1.54) is 7.11 Å². The molecular weight excluding hydrogens is 146 g/mol. The summed E-state index contributed by atoms with van der Waals surface area (Å²) in [7, 11) is 1.29. The predicted octanol–water partition coefficient (Wildman–Crippen LogP) is -0.247. The van der Waals surface area contributed by atoms with E-state index >= 15 is 0 Å². The predicted molar refractivity (Wildman–Crippen MR) is 39.5 cm³/mol. The highest BCUT2D eigenvalue weighted by atomic mass is 16.5. The molecule has 0 aromatic heterocycles. The van der Waals surface area contributed by atoms with Crippen LogP contribution in [0.2, 0.25) is 0 Å². The Kier molecular flexibility index (Phi) is 2.24.